The van der Waals surface area contributed by atoms with Crippen LogP contribution in [0.25, 0.3) is 11.3 Å². The van der Waals surface area contributed by atoms with Crippen molar-refractivity contribution >= 4 is 29.5 Å². The van der Waals surface area contributed by atoms with Crippen molar-refractivity contribution in [2.24, 2.45) is 0 Å². The molecule has 0 amide bonds. The quantitative estimate of drug-likeness (QED) is 0.328. The van der Waals surface area contributed by atoms with E-state index in [1.165, 1.54) is 7.11 Å². The van der Waals surface area contributed by atoms with Crippen LogP contribution in [0.4, 0.5) is 17.5 Å². The first-order valence-corrected chi connectivity index (χ1v) is 10.6. The van der Waals surface area contributed by atoms with Gasteiger partial charge in [-0.2, -0.15) is 9.32 Å². The number of aliphatic hydroxyl groups excluding tert-OH is 1. The van der Waals surface area contributed by atoms with Gasteiger partial charge in [0.25, 0.3) is 0 Å². The van der Waals surface area contributed by atoms with Gasteiger partial charge in [-0.15, -0.1) is 0 Å². The average molecular weight is 425 g/mol. The van der Waals surface area contributed by atoms with Gasteiger partial charge in [-0.05, 0) is 37.1 Å². The first kappa shape index (κ1) is 20.6. The van der Waals surface area contributed by atoms with Gasteiger partial charge in [0, 0.05) is 35.3 Å². The molecular formula is C22H24N4O3S. The third kappa shape index (κ3) is 5.28. The number of nitrogens with zero attached hydrogens (tertiary/aromatic N) is 3. The molecule has 0 atom stereocenters. The van der Waals surface area contributed by atoms with Crippen molar-refractivity contribution in [2.45, 2.75) is 23.8 Å². The first-order valence-electron chi connectivity index (χ1n) is 9.83. The van der Waals surface area contributed by atoms with E-state index in [0.717, 1.165) is 65.6 Å². The first-order chi connectivity index (χ1) is 14.7. The van der Waals surface area contributed by atoms with Crippen LogP contribution in [0.3, 0.4) is 0 Å². The van der Waals surface area contributed by atoms with Crippen molar-refractivity contribution < 1.29 is 14.3 Å². The van der Waals surface area contributed by atoms with Crippen LogP contribution < -0.4 is 10.2 Å². The van der Waals surface area contributed by atoms with Gasteiger partial charge in [-0.25, -0.2) is 9.87 Å². The Hall–Kier alpha value is -2.65. The Kier molecular flexibility index (Phi) is 6.81. The second-order valence-electron chi connectivity index (χ2n) is 6.99. The number of hydrogen-bond donors (Lipinski definition) is 2. The summed E-state index contributed by atoms with van der Waals surface area (Å²) in [5, 5.41) is 13.1. The van der Waals surface area contributed by atoms with Gasteiger partial charge in [0.05, 0.1) is 31.0 Å². The number of benzene rings is 2. The van der Waals surface area contributed by atoms with E-state index in [2.05, 4.69) is 15.1 Å². The van der Waals surface area contributed by atoms with Gasteiger partial charge in [0.1, 0.15) is 5.82 Å². The molecule has 0 unspecified atom stereocenters. The molecule has 1 aliphatic heterocycles. The van der Waals surface area contributed by atoms with E-state index in [-0.39, 0.29) is 6.10 Å². The summed E-state index contributed by atoms with van der Waals surface area (Å²) in [6.07, 6.45) is 1.26. The van der Waals surface area contributed by atoms with E-state index < -0.39 is 0 Å². The van der Waals surface area contributed by atoms with E-state index in [1.807, 2.05) is 60.7 Å². The Morgan fingerprint density at radius 3 is 2.47 bits per heavy atom. The average Bonchev–Trinajstić information content (AvgIpc) is 2.79. The summed E-state index contributed by atoms with van der Waals surface area (Å²) in [7, 11) is 1.47. The lowest BCUT2D eigenvalue weighted by molar-refractivity contribution is -0.160. The minimum Gasteiger partial charge on any atom is -0.393 e. The van der Waals surface area contributed by atoms with Crippen molar-refractivity contribution in [1.82, 2.24) is 9.97 Å². The lowest BCUT2D eigenvalue weighted by atomic mass is 10.1. The van der Waals surface area contributed by atoms with Crippen LogP contribution in [0, 0.1) is 0 Å². The second-order valence-corrected chi connectivity index (χ2v) is 7.76. The zero-order valence-corrected chi connectivity index (χ0v) is 17.5. The summed E-state index contributed by atoms with van der Waals surface area (Å²) in [6.45, 7) is 1.55. The van der Waals surface area contributed by atoms with E-state index in [4.69, 9.17) is 14.3 Å². The Labute approximate surface area is 180 Å². The summed E-state index contributed by atoms with van der Waals surface area (Å²) < 4.78 is 4.88. The van der Waals surface area contributed by atoms with Crippen molar-refractivity contribution in [3.8, 4) is 11.3 Å². The Bertz CT molecular complexity index is 948. The van der Waals surface area contributed by atoms with Crippen LogP contribution in [0.5, 0.6) is 0 Å². The SMILES string of the molecule is COOSc1ccc(Nc2nc(-c3ccccc3)cc(N3CCC(O)CC3)n2)cc1. The lowest BCUT2D eigenvalue weighted by Gasteiger charge is -2.30. The number of hydrogen-bond acceptors (Lipinski definition) is 8. The molecule has 2 N–H and O–H groups in total. The van der Waals surface area contributed by atoms with Crippen LogP contribution in [0.1, 0.15) is 12.8 Å². The van der Waals surface area contributed by atoms with Crippen LogP contribution in [0.2, 0.25) is 0 Å². The van der Waals surface area contributed by atoms with Gasteiger partial charge in [-0.1, -0.05) is 30.3 Å². The normalized spacial score (nSPS) is 14.7. The smallest absolute Gasteiger partial charge is 0.229 e. The molecule has 1 aliphatic rings. The summed E-state index contributed by atoms with van der Waals surface area (Å²) >= 11 is 1.15. The van der Waals surface area contributed by atoms with Crippen molar-refractivity contribution in [2.75, 3.05) is 30.4 Å². The molecule has 0 saturated carbocycles. The van der Waals surface area contributed by atoms with Crippen LogP contribution >= 0.6 is 12.0 Å². The lowest BCUT2D eigenvalue weighted by Crippen LogP contribution is -2.36. The fourth-order valence-electron chi connectivity index (χ4n) is 3.30. The third-order valence-corrected chi connectivity index (χ3v) is 5.55. The molecule has 1 saturated heterocycles. The number of aliphatic hydroxyl groups is 1. The molecule has 0 aliphatic carbocycles. The molecule has 1 aromatic heterocycles. The van der Waals surface area contributed by atoms with Crippen LogP contribution in [-0.2, 0) is 9.22 Å². The van der Waals surface area contributed by atoms with E-state index in [1.54, 1.807) is 0 Å². The summed E-state index contributed by atoms with van der Waals surface area (Å²) in [6, 6.07) is 19.8. The van der Waals surface area contributed by atoms with Crippen LogP contribution in [-0.4, -0.2) is 41.4 Å². The number of rotatable bonds is 7. The zero-order valence-electron chi connectivity index (χ0n) is 16.7. The predicted molar refractivity (Wildman–Crippen MR) is 119 cm³/mol. The molecule has 30 heavy (non-hydrogen) atoms. The molecule has 2 aromatic carbocycles. The highest BCUT2D eigenvalue weighted by atomic mass is 32.2. The number of nitrogens with one attached hydrogen (secondary N) is 1. The standard InChI is InChI=1S/C22H24N4O3S/c1-28-29-30-19-9-7-17(8-10-19)23-22-24-20(16-5-3-2-4-6-16)15-21(25-22)26-13-11-18(27)12-14-26/h2-10,15,18,27H,11-14H2,1H3,(H,23,24,25). The topological polar surface area (TPSA) is 79.7 Å². The molecule has 1 fully saturated rings. The molecule has 7 nitrogen and oxygen atoms in total. The molecule has 0 bridgehead atoms. The maximum Gasteiger partial charge on any atom is 0.229 e. The van der Waals surface area contributed by atoms with Crippen molar-refractivity contribution in [1.29, 1.82) is 0 Å². The molecule has 0 radical (unpaired) electrons. The third-order valence-electron chi connectivity index (χ3n) is 4.88. The fourth-order valence-corrected chi connectivity index (χ4v) is 3.69. The van der Waals surface area contributed by atoms with E-state index in [0.29, 0.717) is 5.95 Å². The number of piperidine rings is 1. The maximum absolute atomic E-state index is 9.84. The predicted octanol–water partition coefficient (Wildman–Crippen LogP) is 4.43. The molecule has 0 spiro atoms. The monoisotopic (exact) mass is 424 g/mol. The second kappa shape index (κ2) is 9.90. The molecular weight excluding hydrogens is 400 g/mol. The van der Waals surface area contributed by atoms with Gasteiger partial charge < -0.3 is 15.3 Å². The van der Waals surface area contributed by atoms with Crippen LogP contribution in [0.15, 0.2) is 65.6 Å². The Morgan fingerprint density at radius 1 is 1.03 bits per heavy atom. The van der Waals surface area contributed by atoms with Gasteiger partial charge in [0.15, 0.2) is 0 Å². The van der Waals surface area contributed by atoms with E-state index in [9.17, 15) is 5.11 Å². The summed E-state index contributed by atoms with van der Waals surface area (Å²) in [5.74, 6) is 1.39. The van der Waals surface area contributed by atoms with Crippen molar-refractivity contribution in [3.63, 3.8) is 0 Å². The highest BCUT2D eigenvalue weighted by molar-refractivity contribution is 7.94. The molecule has 156 valence electrons. The number of anilines is 3. The minimum atomic E-state index is -0.229. The van der Waals surface area contributed by atoms with Gasteiger partial charge in [0.2, 0.25) is 5.95 Å². The highest BCUT2D eigenvalue weighted by Crippen LogP contribution is 2.27. The van der Waals surface area contributed by atoms with E-state index >= 15 is 0 Å². The summed E-state index contributed by atoms with van der Waals surface area (Å²) in [4.78, 5) is 17.2. The Morgan fingerprint density at radius 2 is 1.77 bits per heavy atom. The summed E-state index contributed by atoms with van der Waals surface area (Å²) in [5.41, 5.74) is 2.77. The zero-order chi connectivity index (χ0) is 20.8. The molecule has 2 heterocycles. The Balaban J connectivity index is 1.60. The number of aromatic nitrogens is 2. The highest BCUT2D eigenvalue weighted by Gasteiger charge is 2.20. The maximum atomic E-state index is 9.84. The fraction of sp³-hybridized carbons (Fsp3) is 0.273. The molecule has 8 heteroatoms. The molecule has 3 aromatic rings. The van der Waals surface area contributed by atoms with Crippen molar-refractivity contribution in [3.05, 3.63) is 60.7 Å². The molecule has 4 rings (SSSR count). The minimum absolute atomic E-state index is 0.229. The van der Waals surface area contributed by atoms with Gasteiger partial charge >= 0.3 is 0 Å². The van der Waals surface area contributed by atoms with Gasteiger partial charge in [-0.3, -0.25) is 0 Å². The largest absolute Gasteiger partial charge is 0.393 e.